The van der Waals surface area contributed by atoms with E-state index in [1.165, 1.54) is 4.57 Å². The summed E-state index contributed by atoms with van der Waals surface area (Å²) in [5.74, 6) is 0.537. The molecule has 0 amide bonds. The summed E-state index contributed by atoms with van der Waals surface area (Å²) in [6, 6.07) is 13.7. The van der Waals surface area contributed by atoms with Crippen LogP contribution in [0, 0.1) is 3.57 Å². The first-order valence-corrected chi connectivity index (χ1v) is 9.34. The summed E-state index contributed by atoms with van der Waals surface area (Å²) >= 11 is 2.18. The number of nitrogens with zero attached hydrogens (tertiary/aromatic N) is 3. The van der Waals surface area contributed by atoms with E-state index in [-0.39, 0.29) is 18.7 Å². The molecule has 0 aliphatic heterocycles. The van der Waals surface area contributed by atoms with E-state index in [1.54, 1.807) is 0 Å². The molecule has 0 aliphatic rings. The van der Waals surface area contributed by atoms with Gasteiger partial charge in [-0.3, -0.25) is 9.36 Å². The number of anilines is 1. The van der Waals surface area contributed by atoms with Crippen LogP contribution in [-0.2, 0) is 6.54 Å². The van der Waals surface area contributed by atoms with Crippen LogP contribution in [0.15, 0.2) is 47.3 Å². The maximum atomic E-state index is 12.8. The van der Waals surface area contributed by atoms with Crippen LogP contribution >= 0.6 is 22.6 Å². The molecule has 1 heterocycles. The van der Waals surface area contributed by atoms with Gasteiger partial charge in [-0.25, -0.2) is 4.98 Å². The van der Waals surface area contributed by atoms with Gasteiger partial charge in [0.05, 0.1) is 24.1 Å². The highest BCUT2D eigenvalue weighted by molar-refractivity contribution is 14.1. The van der Waals surface area contributed by atoms with Crippen LogP contribution in [0.5, 0.6) is 0 Å². The van der Waals surface area contributed by atoms with Crippen molar-refractivity contribution in [3.8, 4) is 0 Å². The average molecular weight is 461 g/mol. The van der Waals surface area contributed by atoms with Gasteiger partial charge >= 0.3 is 0 Å². The first-order valence-electron chi connectivity index (χ1n) is 8.26. The number of fused-ring (bicyclic) bond motifs is 1. The fourth-order valence-corrected chi connectivity index (χ4v) is 3.20. The highest BCUT2D eigenvalue weighted by Gasteiger charge is 2.09. The van der Waals surface area contributed by atoms with E-state index in [0.29, 0.717) is 16.7 Å². The number of aromatic nitrogens is 2. The van der Waals surface area contributed by atoms with E-state index < -0.39 is 0 Å². The molecule has 3 rings (SSSR count). The Morgan fingerprint density at radius 2 is 1.88 bits per heavy atom. The van der Waals surface area contributed by atoms with E-state index >= 15 is 0 Å². The lowest BCUT2D eigenvalue weighted by atomic mass is 10.2. The molecule has 1 aromatic heterocycles. The predicted molar refractivity (Wildman–Crippen MR) is 116 cm³/mol. The second-order valence-electron chi connectivity index (χ2n) is 6.13. The number of halogens is 1. The van der Waals surface area contributed by atoms with Crippen LogP contribution in [0.3, 0.4) is 0 Å². The molecule has 0 fully saturated rings. The van der Waals surface area contributed by atoms with Gasteiger partial charge in [-0.2, -0.15) is 0 Å². The monoisotopic (exact) mass is 461 g/mol. The van der Waals surface area contributed by atoms with E-state index in [2.05, 4.69) is 27.6 Å². The molecule has 0 bridgehead atoms. The van der Waals surface area contributed by atoms with Crippen molar-refractivity contribution in [2.75, 3.05) is 25.6 Å². The molecule has 0 radical (unpaired) electrons. The molecular formula is C20H20IN3O2. The van der Waals surface area contributed by atoms with Crippen LogP contribution < -0.4 is 10.5 Å². The van der Waals surface area contributed by atoms with Crippen molar-refractivity contribution >= 4 is 51.3 Å². The van der Waals surface area contributed by atoms with Gasteiger partial charge in [-0.15, -0.1) is 0 Å². The van der Waals surface area contributed by atoms with Gasteiger partial charge in [0.2, 0.25) is 0 Å². The van der Waals surface area contributed by atoms with Gasteiger partial charge in [0, 0.05) is 23.4 Å². The molecule has 0 saturated heterocycles. The average Bonchev–Trinajstić information content (AvgIpc) is 2.63. The maximum absolute atomic E-state index is 12.8. The predicted octanol–water partition coefficient (Wildman–Crippen LogP) is 3.23. The van der Waals surface area contributed by atoms with Gasteiger partial charge in [-0.1, -0.05) is 18.2 Å². The van der Waals surface area contributed by atoms with Crippen molar-refractivity contribution in [2.45, 2.75) is 6.54 Å². The second kappa shape index (κ2) is 8.01. The summed E-state index contributed by atoms with van der Waals surface area (Å²) in [5, 5.41) is 9.91. The minimum atomic E-state index is -0.134. The van der Waals surface area contributed by atoms with E-state index in [4.69, 9.17) is 0 Å². The van der Waals surface area contributed by atoms with E-state index in [1.807, 2.05) is 73.6 Å². The number of rotatable bonds is 5. The Balaban J connectivity index is 2.04. The lowest BCUT2D eigenvalue weighted by molar-refractivity contribution is 0.273. The summed E-state index contributed by atoms with van der Waals surface area (Å²) in [4.78, 5) is 19.4. The minimum Gasteiger partial charge on any atom is -0.395 e. The van der Waals surface area contributed by atoms with Crippen LogP contribution in [0.4, 0.5) is 5.69 Å². The van der Waals surface area contributed by atoms with Crippen molar-refractivity contribution in [1.29, 1.82) is 0 Å². The lowest BCUT2D eigenvalue weighted by Crippen LogP contribution is -2.25. The largest absolute Gasteiger partial charge is 0.395 e. The van der Waals surface area contributed by atoms with Gasteiger partial charge in [0.25, 0.3) is 5.56 Å². The van der Waals surface area contributed by atoms with Gasteiger partial charge in [0.1, 0.15) is 5.82 Å². The molecule has 0 aliphatic carbocycles. The first-order chi connectivity index (χ1) is 12.5. The topological polar surface area (TPSA) is 58.4 Å². The van der Waals surface area contributed by atoms with Gasteiger partial charge < -0.3 is 10.0 Å². The Kier molecular flexibility index (Phi) is 5.73. The fraction of sp³-hybridized carbons (Fsp3) is 0.200. The molecule has 0 spiro atoms. The molecule has 2 aromatic carbocycles. The molecule has 6 heteroatoms. The Labute approximate surface area is 165 Å². The molecule has 0 atom stereocenters. The molecule has 134 valence electrons. The zero-order chi connectivity index (χ0) is 18.7. The third-order valence-corrected chi connectivity index (χ3v) is 4.77. The minimum absolute atomic E-state index is 0.116. The number of benzene rings is 2. The summed E-state index contributed by atoms with van der Waals surface area (Å²) in [6.45, 7) is 0.0991. The highest BCUT2D eigenvalue weighted by atomic mass is 127. The summed E-state index contributed by atoms with van der Waals surface area (Å²) < 4.78 is 2.50. The molecule has 26 heavy (non-hydrogen) atoms. The normalized spacial score (nSPS) is 11.4. The zero-order valence-electron chi connectivity index (χ0n) is 14.7. The summed E-state index contributed by atoms with van der Waals surface area (Å²) in [5.41, 5.74) is 2.67. The number of hydrogen-bond acceptors (Lipinski definition) is 4. The number of hydrogen-bond donors (Lipinski definition) is 1. The van der Waals surface area contributed by atoms with Crippen molar-refractivity contribution < 1.29 is 5.11 Å². The Morgan fingerprint density at radius 3 is 2.54 bits per heavy atom. The second-order valence-corrected chi connectivity index (χ2v) is 7.38. The van der Waals surface area contributed by atoms with E-state index in [9.17, 15) is 9.90 Å². The third-order valence-electron chi connectivity index (χ3n) is 4.10. The SMILES string of the molecule is CN(C)c1ccc(/C=C/c2nc3ccc(I)cc3c(=O)n2CCO)cc1. The Morgan fingerprint density at radius 1 is 1.15 bits per heavy atom. The van der Waals surface area contributed by atoms with Gasteiger partial charge in [0.15, 0.2) is 0 Å². The first kappa shape index (κ1) is 18.6. The molecule has 1 N–H and O–H groups in total. The summed E-state index contributed by atoms with van der Waals surface area (Å²) in [6.07, 6.45) is 3.74. The lowest BCUT2D eigenvalue weighted by Gasteiger charge is -2.12. The van der Waals surface area contributed by atoms with Gasteiger partial charge in [-0.05, 0) is 64.6 Å². The zero-order valence-corrected chi connectivity index (χ0v) is 16.8. The maximum Gasteiger partial charge on any atom is 0.261 e. The van der Waals surface area contributed by atoms with Crippen molar-refractivity contribution in [3.63, 3.8) is 0 Å². The molecule has 5 nitrogen and oxygen atoms in total. The quantitative estimate of drug-likeness (QED) is 0.593. The number of aliphatic hydroxyl groups is 1. The molecule has 0 unspecified atom stereocenters. The van der Waals surface area contributed by atoms with Crippen LogP contribution in [0.25, 0.3) is 23.1 Å². The molecular weight excluding hydrogens is 441 g/mol. The smallest absolute Gasteiger partial charge is 0.261 e. The van der Waals surface area contributed by atoms with E-state index in [0.717, 1.165) is 14.8 Å². The number of aliphatic hydroxyl groups excluding tert-OH is 1. The van der Waals surface area contributed by atoms with Crippen LogP contribution in [0.1, 0.15) is 11.4 Å². The van der Waals surface area contributed by atoms with Crippen LogP contribution in [-0.4, -0.2) is 35.4 Å². The molecule has 0 saturated carbocycles. The van der Waals surface area contributed by atoms with Crippen molar-refractivity contribution in [2.24, 2.45) is 0 Å². The van der Waals surface area contributed by atoms with Crippen molar-refractivity contribution in [3.05, 3.63) is 67.8 Å². The third kappa shape index (κ3) is 3.96. The Hall–Kier alpha value is -2.19. The highest BCUT2D eigenvalue weighted by Crippen LogP contribution is 2.16. The van der Waals surface area contributed by atoms with Crippen LogP contribution in [0.2, 0.25) is 0 Å². The molecule has 3 aromatic rings. The Bertz CT molecular complexity index is 1010. The fourth-order valence-electron chi connectivity index (χ4n) is 2.71. The standard InChI is InChI=1S/C20H20IN3O2/c1-23(2)16-7-3-14(4-8-16)5-10-19-22-18-9-6-15(21)13-17(18)20(26)24(19)11-12-25/h3-10,13,25H,11-12H2,1-2H3/b10-5+. The van der Waals surface area contributed by atoms with Crippen molar-refractivity contribution in [1.82, 2.24) is 9.55 Å². The summed E-state index contributed by atoms with van der Waals surface area (Å²) in [7, 11) is 4.00.